The molecule has 2 N–H and O–H groups in total. The lowest BCUT2D eigenvalue weighted by Gasteiger charge is -2.18. The number of aliphatic imine (C=N–C) groups is 1. The van der Waals surface area contributed by atoms with E-state index < -0.39 is 5.60 Å². The molecule has 0 spiro atoms. The van der Waals surface area contributed by atoms with Crippen molar-refractivity contribution < 1.29 is 10.2 Å². The standard InChI is InChI=1S/C14H14BrNO2S/c1-14(18,13-3-2-6-19-13)9-16-8-10-7-11(15)4-5-12(10)17/h2-8,17-18H,9H2,1H3. The van der Waals surface area contributed by atoms with E-state index in [1.54, 1.807) is 31.3 Å². The van der Waals surface area contributed by atoms with Gasteiger partial charge >= 0.3 is 0 Å². The van der Waals surface area contributed by atoms with Gasteiger partial charge in [-0.05, 0) is 36.6 Å². The average Bonchev–Trinajstić information content (AvgIpc) is 2.88. The third-order valence-electron chi connectivity index (χ3n) is 2.67. The van der Waals surface area contributed by atoms with Crippen molar-refractivity contribution in [2.24, 2.45) is 4.99 Å². The van der Waals surface area contributed by atoms with Crippen molar-refractivity contribution in [3.63, 3.8) is 0 Å². The minimum absolute atomic E-state index is 0.169. The van der Waals surface area contributed by atoms with Crippen LogP contribution >= 0.6 is 27.3 Å². The number of rotatable bonds is 4. The quantitative estimate of drug-likeness (QED) is 0.837. The topological polar surface area (TPSA) is 52.8 Å². The Hall–Kier alpha value is -1.17. The zero-order valence-electron chi connectivity index (χ0n) is 10.4. The first-order valence-corrected chi connectivity index (χ1v) is 7.41. The molecule has 0 fully saturated rings. The molecule has 0 bridgehead atoms. The van der Waals surface area contributed by atoms with E-state index in [0.717, 1.165) is 9.35 Å². The monoisotopic (exact) mass is 339 g/mol. The summed E-state index contributed by atoms with van der Waals surface area (Å²) in [5, 5.41) is 21.9. The number of benzene rings is 1. The molecule has 0 saturated carbocycles. The summed E-state index contributed by atoms with van der Waals surface area (Å²) in [5.41, 5.74) is -0.358. The number of nitrogens with zero attached hydrogens (tertiary/aromatic N) is 1. The number of phenols is 1. The summed E-state index contributed by atoms with van der Waals surface area (Å²) in [7, 11) is 0. The lowest BCUT2D eigenvalue weighted by Crippen LogP contribution is -2.23. The van der Waals surface area contributed by atoms with Crippen LogP contribution < -0.4 is 0 Å². The third-order valence-corrected chi connectivity index (χ3v) is 4.29. The number of hydrogen-bond acceptors (Lipinski definition) is 4. The Kier molecular flexibility index (Phi) is 4.39. The number of aromatic hydroxyl groups is 1. The Morgan fingerprint density at radius 3 is 2.89 bits per heavy atom. The zero-order valence-corrected chi connectivity index (χ0v) is 12.8. The maximum Gasteiger partial charge on any atom is 0.124 e. The van der Waals surface area contributed by atoms with E-state index in [1.165, 1.54) is 11.3 Å². The maximum atomic E-state index is 10.3. The second-order valence-electron chi connectivity index (χ2n) is 4.42. The number of aliphatic hydroxyl groups is 1. The molecule has 0 aliphatic heterocycles. The van der Waals surface area contributed by atoms with Gasteiger partial charge in [-0.25, -0.2) is 0 Å². The Bertz CT molecular complexity index is 579. The van der Waals surface area contributed by atoms with E-state index in [-0.39, 0.29) is 12.3 Å². The van der Waals surface area contributed by atoms with Gasteiger partial charge in [0.25, 0.3) is 0 Å². The molecule has 1 heterocycles. The first kappa shape index (κ1) is 14.2. The largest absolute Gasteiger partial charge is 0.507 e. The Morgan fingerprint density at radius 2 is 2.21 bits per heavy atom. The highest BCUT2D eigenvalue weighted by atomic mass is 79.9. The minimum Gasteiger partial charge on any atom is -0.507 e. The summed E-state index contributed by atoms with van der Waals surface area (Å²) in [6, 6.07) is 8.92. The lowest BCUT2D eigenvalue weighted by molar-refractivity contribution is 0.0714. The van der Waals surface area contributed by atoms with Crippen LogP contribution in [0, 0.1) is 0 Å². The molecule has 5 heteroatoms. The normalized spacial score (nSPS) is 14.7. The van der Waals surface area contributed by atoms with E-state index in [9.17, 15) is 10.2 Å². The fourth-order valence-electron chi connectivity index (χ4n) is 1.61. The fourth-order valence-corrected chi connectivity index (χ4v) is 2.77. The zero-order chi connectivity index (χ0) is 13.9. The van der Waals surface area contributed by atoms with E-state index in [0.29, 0.717) is 5.56 Å². The molecular weight excluding hydrogens is 326 g/mol. The summed E-state index contributed by atoms with van der Waals surface area (Å²) in [6.07, 6.45) is 1.57. The van der Waals surface area contributed by atoms with E-state index >= 15 is 0 Å². The van der Waals surface area contributed by atoms with Gasteiger partial charge in [-0.3, -0.25) is 4.99 Å². The van der Waals surface area contributed by atoms with Crippen LogP contribution in [0.25, 0.3) is 0 Å². The first-order chi connectivity index (χ1) is 8.99. The van der Waals surface area contributed by atoms with Crippen LogP contribution in [0.1, 0.15) is 17.4 Å². The van der Waals surface area contributed by atoms with E-state index in [2.05, 4.69) is 20.9 Å². The van der Waals surface area contributed by atoms with Gasteiger partial charge in [-0.15, -0.1) is 11.3 Å². The van der Waals surface area contributed by atoms with Gasteiger partial charge in [0.05, 0.1) is 6.54 Å². The molecule has 3 nitrogen and oxygen atoms in total. The summed E-state index contributed by atoms with van der Waals surface area (Å²) in [5.74, 6) is 0.169. The molecule has 1 aromatic heterocycles. The molecule has 0 saturated heterocycles. The van der Waals surface area contributed by atoms with Gasteiger partial charge in [0.2, 0.25) is 0 Å². The highest BCUT2D eigenvalue weighted by Crippen LogP contribution is 2.26. The number of hydrogen-bond donors (Lipinski definition) is 2. The molecule has 2 aromatic rings. The van der Waals surface area contributed by atoms with Gasteiger partial charge in [0, 0.05) is 21.1 Å². The summed E-state index contributed by atoms with van der Waals surface area (Å²) >= 11 is 4.84. The van der Waals surface area contributed by atoms with Crippen LogP contribution in [-0.4, -0.2) is 23.0 Å². The molecule has 1 aromatic carbocycles. The van der Waals surface area contributed by atoms with Crippen molar-refractivity contribution in [2.75, 3.05) is 6.54 Å². The van der Waals surface area contributed by atoms with Crippen molar-refractivity contribution in [3.05, 3.63) is 50.6 Å². The van der Waals surface area contributed by atoms with Crippen molar-refractivity contribution >= 4 is 33.5 Å². The molecule has 0 amide bonds. The predicted octanol–water partition coefficient (Wildman–Crippen LogP) is 3.54. The second kappa shape index (κ2) is 5.86. The molecular formula is C14H14BrNO2S. The number of thiophene rings is 1. The summed E-state index contributed by atoms with van der Waals surface area (Å²) < 4.78 is 0.872. The SMILES string of the molecule is CC(O)(CN=Cc1cc(Br)ccc1O)c1cccs1. The van der Waals surface area contributed by atoms with Crippen molar-refractivity contribution in [1.29, 1.82) is 0 Å². The van der Waals surface area contributed by atoms with Crippen molar-refractivity contribution in [1.82, 2.24) is 0 Å². The smallest absolute Gasteiger partial charge is 0.124 e. The van der Waals surface area contributed by atoms with Gasteiger partial charge in [0.15, 0.2) is 0 Å². The van der Waals surface area contributed by atoms with Gasteiger partial charge in [-0.2, -0.15) is 0 Å². The van der Waals surface area contributed by atoms with Crippen molar-refractivity contribution in [3.8, 4) is 5.75 Å². The molecule has 0 aliphatic rings. The Morgan fingerprint density at radius 1 is 1.42 bits per heavy atom. The molecule has 1 unspecified atom stereocenters. The molecule has 100 valence electrons. The lowest BCUT2D eigenvalue weighted by atomic mass is 10.1. The maximum absolute atomic E-state index is 10.3. The Balaban J connectivity index is 2.10. The van der Waals surface area contributed by atoms with Gasteiger partial charge in [0.1, 0.15) is 11.4 Å². The average molecular weight is 340 g/mol. The van der Waals surface area contributed by atoms with E-state index in [4.69, 9.17) is 0 Å². The van der Waals surface area contributed by atoms with Crippen LogP contribution in [0.3, 0.4) is 0 Å². The molecule has 2 rings (SSSR count). The highest BCUT2D eigenvalue weighted by Gasteiger charge is 2.23. The van der Waals surface area contributed by atoms with Crippen LogP contribution in [0.5, 0.6) is 5.75 Å². The van der Waals surface area contributed by atoms with Crippen LogP contribution in [0.4, 0.5) is 0 Å². The van der Waals surface area contributed by atoms with E-state index in [1.807, 2.05) is 17.5 Å². The summed E-state index contributed by atoms with van der Waals surface area (Å²) in [6.45, 7) is 1.98. The van der Waals surface area contributed by atoms with Crippen LogP contribution in [0.15, 0.2) is 45.2 Å². The van der Waals surface area contributed by atoms with Crippen molar-refractivity contribution in [2.45, 2.75) is 12.5 Å². The fraction of sp³-hybridized carbons (Fsp3) is 0.214. The number of halogens is 1. The molecule has 0 radical (unpaired) electrons. The second-order valence-corrected chi connectivity index (χ2v) is 6.29. The van der Waals surface area contributed by atoms with Crippen LogP contribution in [-0.2, 0) is 5.60 Å². The number of phenolic OH excluding ortho intramolecular Hbond substituents is 1. The minimum atomic E-state index is -0.980. The molecule has 19 heavy (non-hydrogen) atoms. The molecule has 0 aliphatic carbocycles. The van der Waals surface area contributed by atoms with Crippen LogP contribution in [0.2, 0.25) is 0 Å². The third kappa shape index (κ3) is 3.65. The van der Waals surface area contributed by atoms with Gasteiger partial charge in [-0.1, -0.05) is 22.0 Å². The molecule has 1 atom stereocenters. The first-order valence-electron chi connectivity index (χ1n) is 5.74. The predicted molar refractivity (Wildman–Crippen MR) is 82.2 cm³/mol. The highest BCUT2D eigenvalue weighted by molar-refractivity contribution is 9.10. The summed E-state index contributed by atoms with van der Waals surface area (Å²) in [4.78, 5) is 5.10. The van der Waals surface area contributed by atoms with Gasteiger partial charge < -0.3 is 10.2 Å². The Labute approximate surface area is 124 Å².